The summed E-state index contributed by atoms with van der Waals surface area (Å²) in [5.74, 6) is -0.187. The summed E-state index contributed by atoms with van der Waals surface area (Å²) >= 11 is 0. The SMILES string of the molecule is CCCCCCC/C=C/CCCCCCCC(=O)N[C@@H](COP(=O)([O-])OCC[N+](C)(C)C)[C@H](O)CCCC/C=C/CCCCCCC. The molecule has 0 aliphatic carbocycles. The number of phosphoric acid groups is 1. The van der Waals surface area contributed by atoms with Crippen LogP contribution in [-0.2, 0) is 18.4 Å². The first kappa shape index (κ1) is 46.0. The average molecular weight is 687 g/mol. The smallest absolute Gasteiger partial charge is 0.268 e. The van der Waals surface area contributed by atoms with Gasteiger partial charge in [0.25, 0.3) is 7.82 Å². The summed E-state index contributed by atoms with van der Waals surface area (Å²) in [6, 6.07) is -0.816. The monoisotopic (exact) mass is 687 g/mol. The molecule has 0 saturated carbocycles. The van der Waals surface area contributed by atoms with E-state index < -0.39 is 20.0 Å². The zero-order valence-corrected chi connectivity index (χ0v) is 32.1. The number of allylic oxidation sites excluding steroid dienone is 4. The number of nitrogens with one attached hydrogen (secondary N) is 1. The second-order valence-corrected chi connectivity index (χ2v) is 15.7. The number of phosphoric ester groups is 1. The van der Waals surface area contributed by atoms with Crippen LogP contribution in [0.25, 0.3) is 0 Å². The molecule has 0 radical (unpaired) electrons. The molecule has 47 heavy (non-hydrogen) atoms. The average Bonchev–Trinajstić information content (AvgIpc) is 3.01. The normalized spacial score (nSPS) is 15.0. The molecule has 3 atom stereocenters. The van der Waals surface area contributed by atoms with Crippen molar-refractivity contribution in [2.45, 2.75) is 174 Å². The molecule has 0 aliphatic rings. The lowest BCUT2D eigenvalue weighted by atomic mass is 10.0. The molecule has 0 aromatic heterocycles. The molecule has 9 heteroatoms. The fourth-order valence-electron chi connectivity index (χ4n) is 5.26. The predicted octanol–water partition coefficient (Wildman–Crippen LogP) is 9.16. The van der Waals surface area contributed by atoms with Crippen LogP contribution in [0.5, 0.6) is 0 Å². The number of quaternary nitrogens is 1. The van der Waals surface area contributed by atoms with Gasteiger partial charge in [0.15, 0.2) is 0 Å². The number of carbonyl (C=O) groups is 1. The zero-order valence-electron chi connectivity index (χ0n) is 31.2. The Bertz CT molecular complexity index is 829. The minimum Gasteiger partial charge on any atom is -0.756 e. The Labute approximate surface area is 290 Å². The molecule has 0 saturated heterocycles. The molecule has 0 aromatic carbocycles. The molecule has 0 fully saturated rings. The number of aliphatic hydroxyl groups is 1. The first-order valence-corrected chi connectivity index (χ1v) is 20.6. The van der Waals surface area contributed by atoms with Gasteiger partial charge in [0.1, 0.15) is 13.2 Å². The maximum absolute atomic E-state index is 12.8. The van der Waals surface area contributed by atoms with Crippen LogP contribution in [0.2, 0.25) is 0 Å². The molecular formula is C38H75N2O6P. The number of unbranched alkanes of at least 4 members (excludes halogenated alkanes) is 17. The fourth-order valence-corrected chi connectivity index (χ4v) is 5.98. The highest BCUT2D eigenvalue weighted by atomic mass is 31.2. The highest BCUT2D eigenvalue weighted by molar-refractivity contribution is 7.45. The Kier molecular flexibility index (Phi) is 30.3. The third-order valence-corrected chi connectivity index (χ3v) is 9.38. The molecule has 8 nitrogen and oxygen atoms in total. The first-order valence-electron chi connectivity index (χ1n) is 19.2. The zero-order chi connectivity index (χ0) is 35.1. The molecule has 278 valence electrons. The maximum atomic E-state index is 12.8. The molecule has 0 heterocycles. The third kappa shape index (κ3) is 33.3. The van der Waals surface area contributed by atoms with Gasteiger partial charge in [-0.05, 0) is 64.2 Å². The summed E-state index contributed by atoms with van der Waals surface area (Å²) in [6.07, 6.45) is 33.2. The summed E-state index contributed by atoms with van der Waals surface area (Å²) in [5, 5.41) is 13.8. The van der Waals surface area contributed by atoms with Gasteiger partial charge in [0.05, 0.1) is 39.9 Å². The summed E-state index contributed by atoms with van der Waals surface area (Å²) in [7, 11) is 1.28. The molecule has 1 amide bonds. The van der Waals surface area contributed by atoms with Gasteiger partial charge < -0.3 is 28.8 Å². The minimum absolute atomic E-state index is 0.00548. The number of aliphatic hydroxyl groups excluding tert-OH is 1. The van der Waals surface area contributed by atoms with Crippen LogP contribution < -0.4 is 10.2 Å². The van der Waals surface area contributed by atoms with Crippen LogP contribution in [0.1, 0.15) is 162 Å². The van der Waals surface area contributed by atoms with Crippen LogP contribution in [0.4, 0.5) is 0 Å². The Morgan fingerprint density at radius 3 is 1.66 bits per heavy atom. The molecule has 0 bridgehead atoms. The van der Waals surface area contributed by atoms with Crippen molar-refractivity contribution < 1.29 is 32.9 Å². The summed E-state index contributed by atoms with van der Waals surface area (Å²) < 4.78 is 23.1. The molecule has 2 N–H and O–H groups in total. The highest BCUT2D eigenvalue weighted by Crippen LogP contribution is 2.38. The van der Waals surface area contributed by atoms with E-state index in [9.17, 15) is 19.4 Å². The quantitative estimate of drug-likeness (QED) is 0.0303. The second kappa shape index (κ2) is 31.0. The number of likely N-dealkylation sites (N-methyl/N-ethyl adjacent to an activating group) is 1. The molecule has 1 unspecified atom stereocenters. The highest BCUT2D eigenvalue weighted by Gasteiger charge is 2.24. The van der Waals surface area contributed by atoms with E-state index in [4.69, 9.17) is 9.05 Å². The number of hydrogen-bond acceptors (Lipinski definition) is 6. The summed E-state index contributed by atoms with van der Waals surface area (Å²) in [6.45, 7) is 4.63. The largest absolute Gasteiger partial charge is 0.756 e. The van der Waals surface area contributed by atoms with Crippen LogP contribution >= 0.6 is 7.82 Å². The van der Waals surface area contributed by atoms with Gasteiger partial charge in [-0.15, -0.1) is 0 Å². The van der Waals surface area contributed by atoms with Gasteiger partial charge in [-0.1, -0.05) is 115 Å². The molecule has 0 spiro atoms. The summed E-state index contributed by atoms with van der Waals surface area (Å²) in [4.78, 5) is 25.1. The van der Waals surface area contributed by atoms with Crippen molar-refractivity contribution in [1.82, 2.24) is 5.32 Å². The Hall–Kier alpha value is -1.02. The number of amides is 1. The topological polar surface area (TPSA) is 108 Å². The van der Waals surface area contributed by atoms with Gasteiger partial charge in [0.2, 0.25) is 5.91 Å². The van der Waals surface area contributed by atoms with E-state index in [2.05, 4.69) is 43.5 Å². The van der Waals surface area contributed by atoms with Crippen LogP contribution in [0.3, 0.4) is 0 Å². The van der Waals surface area contributed by atoms with Gasteiger partial charge in [0, 0.05) is 6.42 Å². The Morgan fingerprint density at radius 1 is 0.723 bits per heavy atom. The van der Waals surface area contributed by atoms with Crippen LogP contribution in [0.15, 0.2) is 24.3 Å². The van der Waals surface area contributed by atoms with Crippen LogP contribution in [0, 0.1) is 0 Å². The fraction of sp³-hybridized carbons (Fsp3) is 0.868. The third-order valence-electron chi connectivity index (χ3n) is 8.41. The molecule has 0 aromatic rings. The standard InChI is InChI=1S/C38H75N2O6P/c1-6-8-10-12-14-16-18-19-20-22-24-26-28-30-32-38(42)39-36(35-46-47(43,44)45-34-33-40(3,4)5)37(41)31-29-27-25-23-21-17-15-13-11-9-7-2/h18-19,21,23,36-37,41H,6-17,20,22,24-35H2,1-5H3,(H-,39,42,43,44)/b19-18+,23-21+/t36-,37+/m0/s1. The van der Waals surface area contributed by atoms with E-state index in [1.807, 2.05) is 21.1 Å². The van der Waals surface area contributed by atoms with E-state index in [1.54, 1.807) is 0 Å². The van der Waals surface area contributed by atoms with Crippen molar-refractivity contribution >= 4 is 13.7 Å². The molecule has 0 rings (SSSR count). The van der Waals surface area contributed by atoms with Crippen molar-refractivity contribution in [3.63, 3.8) is 0 Å². The number of carbonyl (C=O) groups excluding carboxylic acids is 1. The van der Waals surface area contributed by atoms with Crippen molar-refractivity contribution in [3.05, 3.63) is 24.3 Å². The van der Waals surface area contributed by atoms with E-state index in [-0.39, 0.29) is 19.1 Å². The van der Waals surface area contributed by atoms with Gasteiger partial charge in [-0.3, -0.25) is 9.36 Å². The lowest BCUT2D eigenvalue weighted by Crippen LogP contribution is -2.46. The van der Waals surface area contributed by atoms with Gasteiger partial charge >= 0.3 is 0 Å². The van der Waals surface area contributed by atoms with E-state index in [0.29, 0.717) is 23.9 Å². The van der Waals surface area contributed by atoms with Crippen molar-refractivity contribution in [1.29, 1.82) is 0 Å². The maximum Gasteiger partial charge on any atom is 0.268 e. The molecule has 0 aliphatic heterocycles. The number of rotatable bonds is 34. The molecular weight excluding hydrogens is 611 g/mol. The number of hydrogen-bond donors (Lipinski definition) is 2. The van der Waals surface area contributed by atoms with Crippen LogP contribution in [-0.4, -0.2) is 68.5 Å². The van der Waals surface area contributed by atoms with Crippen molar-refractivity contribution in [3.8, 4) is 0 Å². The summed E-state index contributed by atoms with van der Waals surface area (Å²) in [5.41, 5.74) is 0. The van der Waals surface area contributed by atoms with E-state index in [1.165, 1.54) is 77.0 Å². The van der Waals surface area contributed by atoms with E-state index >= 15 is 0 Å². The Morgan fingerprint density at radius 2 is 1.17 bits per heavy atom. The minimum atomic E-state index is -4.56. The van der Waals surface area contributed by atoms with E-state index in [0.717, 1.165) is 57.8 Å². The lowest BCUT2D eigenvalue weighted by molar-refractivity contribution is -0.870. The Balaban J connectivity index is 4.51. The predicted molar refractivity (Wildman–Crippen MR) is 196 cm³/mol. The lowest BCUT2D eigenvalue weighted by Gasteiger charge is -2.30. The van der Waals surface area contributed by atoms with Crippen molar-refractivity contribution in [2.24, 2.45) is 0 Å². The van der Waals surface area contributed by atoms with Crippen molar-refractivity contribution in [2.75, 3.05) is 40.9 Å². The van der Waals surface area contributed by atoms with Gasteiger partial charge in [-0.25, -0.2) is 0 Å². The first-order chi connectivity index (χ1) is 22.5. The number of nitrogens with zero attached hydrogens (tertiary/aromatic N) is 1. The van der Waals surface area contributed by atoms with Gasteiger partial charge in [-0.2, -0.15) is 0 Å². The second-order valence-electron chi connectivity index (χ2n) is 14.3.